The molecule has 1 N–H and O–H groups in total. The topological polar surface area (TPSA) is 30.5 Å². The zero-order valence-electron chi connectivity index (χ0n) is 14.3. The molecule has 26 heavy (non-hydrogen) atoms. The number of hydrogen-bond donors (Lipinski definition) is 1. The molecule has 3 rings (SSSR count). The van der Waals surface area contributed by atoms with E-state index in [-0.39, 0.29) is 0 Å². The fraction of sp³-hybridized carbons (Fsp3) is 0.200. The molecule has 0 saturated carbocycles. The predicted molar refractivity (Wildman–Crippen MR) is 111 cm³/mol. The molecule has 1 heterocycles. The van der Waals surface area contributed by atoms with Crippen molar-refractivity contribution in [3.8, 4) is 11.5 Å². The fourth-order valence-corrected chi connectivity index (χ4v) is 3.82. The SMILES string of the molecule is COc1cc(CNCc2cccs2)c(Br)cc1OCc1ccccc1Cl. The molecule has 3 aromatic rings. The summed E-state index contributed by atoms with van der Waals surface area (Å²) >= 11 is 11.6. The van der Waals surface area contributed by atoms with Crippen LogP contribution in [0, 0.1) is 0 Å². The molecular formula is C20H19BrClNO2S. The molecule has 0 radical (unpaired) electrons. The minimum Gasteiger partial charge on any atom is -0.493 e. The minimum atomic E-state index is 0.387. The van der Waals surface area contributed by atoms with E-state index in [1.165, 1.54) is 4.88 Å². The predicted octanol–water partition coefficient (Wildman–Crippen LogP) is 6.04. The first-order chi connectivity index (χ1) is 12.7. The molecule has 0 atom stereocenters. The molecule has 0 amide bonds. The van der Waals surface area contributed by atoms with Gasteiger partial charge in [-0.15, -0.1) is 11.3 Å². The average Bonchev–Trinajstić information content (AvgIpc) is 3.16. The van der Waals surface area contributed by atoms with Crippen molar-refractivity contribution in [3.05, 3.63) is 79.4 Å². The monoisotopic (exact) mass is 451 g/mol. The second-order valence-electron chi connectivity index (χ2n) is 5.66. The number of halogens is 2. The maximum atomic E-state index is 6.19. The van der Waals surface area contributed by atoms with Gasteiger partial charge in [0.2, 0.25) is 0 Å². The molecule has 0 unspecified atom stereocenters. The van der Waals surface area contributed by atoms with E-state index in [0.29, 0.717) is 23.1 Å². The summed E-state index contributed by atoms with van der Waals surface area (Å²) in [6.07, 6.45) is 0. The van der Waals surface area contributed by atoms with Crippen LogP contribution >= 0.6 is 38.9 Å². The first kappa shape index (κ1) is 19.2. The highest BCUT2D eigenvalue weighted by atomic mass is 79.9. The summed E-state index contributed by atoms with van der Waals surface area (Å²) in [5, 5.41) is 6.23. The number of thiophene rings is 1. The van der Waals surface area contributed by atoms with Crippen LogP contribution in [0.3, 0.4) is 0 Å². The highest BCUT2D eigenvalue weighted by Crippen LogP contribution is 2.34. The van der Waals surface area contributed by atoms with Crippen LogP contribution in [0.4, 0.5) is 0 Å². The Morgan fingerprint density at radius 1 is 1.04 bits per heavy atom. The van der Waals surface area contributed by atoms with Crippen molar-refractivity contribution in [1.82, 2.24) is 5.32 Å². The summed E-state index contributed by atoms with van der Waals surface area (Å²) in [5.74, 6) is 1.38. The largest absolute Gasteiger partial charge is 0.493 e. The van der Waals surface area contributed by atoms with Gasteiger partial charge < -0.3 is 14.8 Å². The van der Waals surface area contributed by atoms with Gasteiger partial charge in [0, 0.05) is 33.0 Å². The lowest BCUT2D eigenvalue weighted by molar-refractivity contribution is 0.284. The molecule has 3 nitrogen and oxygen atoms in total. The molecule has 1 aromatic heterocycles. The molecule has 0 aliphatic heterocycles. The van der Waals surface area contributed by atoms with Crippen molar-refractivity contribution in [1.29, 1.82) is 0 Å². The van der Waals surface area contributed by atoms with Crippen molar-refractivity contribution in [2.24, 2.45) is 0 Å². The normalized spacial score (nSPS) is 10.7. The third-order valence-electron chi connectivity index (χ3n) is 3.87. The van der Waals surface area contributed by atoms with Gasteiger partial charge in [-0.1, -0.05) is 51.8 Å². The van der Waals surface area contributed by atoms with E-state index in [2.05, 4.69) is 38.8 Å². The Labute approximate surface area is 171 Å². The molecule has 136 valence electrons. The van der Waals surface area contributed by atoms with Gasteiger partial charge in [0.1, 0.15) is 6.61 Å². The van der Waals surface area contributed by atoms with Crippen molar-refractivity contribution in [3.63, 3.8) is 0 Å². The van der Waals surface area contributed by atoms with Crippen LogP contribution in [-0.4, -0.2) is 7.11 Å². The molecule has 0 aliphatic carbocycles. The van der Waals surface area contributed by atoms with Crippen molar-refractivity contribution < 1.29 is 9.47 Å². The van der Waals surface area contributed by atoms with Crippen molar-refractivity contribution in [2.45, 2.75) is 19.7 Å². The molecular weight excluding hydrogens is 434 g/mol. The highest BCUT2D eigenvalue weighted by molar-refractivity contribution is 9.10. The van der Waals surface area contributed by atoms with Gasteiger partial charge in [0.25, 0.3) is 0 Å². The lowest BCUT2D eigenvalue weighted by atomic mass is 10.2. The zero-order valence-corrected chi connectivity index (χ0v) is 17.5. The third-order valence-corrected chi connectivity index (χ3v) is 5.85. The summed E-state index contributed by atoms with van der Waals surface area (Å²) in [6, 6.07) is 15.8. The van der Waals surface area contributed by atoms with Gasteiger partial charge in [0.05, 0.1) is 7.11 Å². The lowest BCUT2D eigenvalue weighted by Gasteiger charge is -2.15. The highest BCUT2D eigenvalue weighted by Gasteiger charge is 2.11. The fourth-order valence-electron chi connectivity index (χ4n) is 2.49. The second kappa shape index (κ2) is 9.42. The number of methoxy groups -OCH3 is 1. The van der Waals surface area contributed by atoms with Gasteiger partial charge in [-0.2, -0.15) is 0 Å². The van der Waals surface area contributed by atoms with Crippen LogP contribution < -0.4 is 14.8 Å². The number of benzene rings is 2. The number of hydrogen-bond acceptors (Lipinski definition) is 4. The van der Waals surface area contributed by atoms with Gasteiger partial charge in [-0.05, 0) is 35.2 Å². The van der Waals surface area contributed by atoms with E-state index < -0.39 is 0 Å². The summed E-state index contributed by atoms with van der Waals surface area (Å²) in [5.41, 5.74) is 2.05. The van der Waals surface area contributed by atoms with Crippen LogP contribution in [0.5, 0.6) is 11.5 Å². The summed E-state index contributed by atoms with van der Waals surface area (Å²) < 4.78 is 12.4. The van der Waals surface area contributed by atoms with Crippen LogP contribution in [0.15, 0.2) is 58.4 Å². The summed E-state index contributed by atoms with van der Waals surface area (Å²) in [6.45, 7) is 1.97. The van der Waals surface area contributed by atoms with Crippen LogP contribution in [0.1, 0.15) is 16.0 Å². The second-order valence-corrected chi connectivity index (χ2v) is 7.95. The number of rotatable bonds is 8. The van der Waals surface area contributed by atoms with Crippen LogP contribution in [0.2, 0.25) is 5.02 Å². The van der Waals surface area contributed by atoms with E-state index in [1.807, 2.05) is 36.4 Å². The van der Waals surface area contributed by atoms with Crippen LogP contribution in [0.25, 0.3) is 0 Å². The maximum absolute atomic E-state index is 6.19. The number of ether oxygens (including phenoxy) is 2. The Bertz CT molecular complexity index is 855. The molecule has 6 heteroatoms. The standard InChI is InChI=1S/C20H19BrClNO2S/c1-24-19-9-15(11-23-12-16-6-4-8-26-16)17(21)10-20(19)25-13-14-5-2-3-7-18(14)22/h2-10,23H,11-13H2,1H3. The summed E-state index contributed by atoms with van der Waals surface area (Å²) in [4.78, 5) is 1.31. The quantitative estimate of drug-likeness (QED) is 0.452. The van der Waals surface area contributed by atoms with Crippen molar-refractivity contribution in [2.75, 3.05) is 7.11 Å². The molecule has 0 bridgehead atoms. The van der Waals surface area contributed by atoms with Crippen molar-refractivity contribution >= 4 is 38.9 Å². The Kier molecular flexibility index (Phi) is 6.97. The van der Waals surface area contributed by atoms with E-state index >= 15 is 0 Å². The minimum absolute atomic E-state index is 0.387. The molecule has 0 aliphatic rings. The maximum Gasteiger partial charge on any atom is 0.162 e. The van der Waals surface area contributed by atoms with Gasteiger partial charge in [0.15, 0.2) is 11.5 Å². The van der Waals surface area contributed by atoms with Gasteiger partial charge in [-0.25, -0.2) is 0 Å². The molecule has 0 spiro atoms. The van der Waals surface area contributed by atoms with E-state index in [1.54, 1.807) is 18.4 Å². The smallest absolute Gasteiger partial charge is 0.162 e. The molecule has 0 saturated heterocycles. The van der Waals surface area contributed by atoms with E-state index in [0.717, 1.165) is 28.7 Å². The van der Waals surface area contributed by atoms with E-state index in [4.69, 9.17) is 21.1 Å². The van der Waals surface area contributed by atoms with Crippen LogP contribution in [-0.2, 0) is 19.7 Å². The Morgan fingerprint density at radius 2 is 1.88 bits per heavy atom. The molecule has 0 fully saturated rings. The summed E-state index contributed by atoms with van der Waals surface area (Å²) in [7, 11) is 1.65. The van der Waals surface area contributed by atoms with E-state index in [9.17, 15) is 0 Å². The Balaban J connectivity index is 1.67. The van der Waals surface area contributed by atoms with Gasteiger partial charge >= 0.3 is 0 Å². The van der Waals surface area contributed by atoms with Gasteiger partial charge in [-0.3, -0.25) is 0 Å². The average molecular weight is 453 g/mol. The third kappa shape index (κ3) is 5.01. The Hall–Kier alpha value is -1.53. The molecule has 2 aromatic carbocycles. The lowest BCUT2D eigenvalue weighted by Crippen LogP contribution is -2.12. The zero-order chi connectivity index (χ0) is 18.4. The Morgan fingerprint density at radius 3 is 2.62 bits per heavy atom. The number of nitrogens with one attached hydrogen (secondary N) is 1. The first-order valence-corrected chi connectivity index (χ1v) is 10.2. The first-order valence-electron chi connectivity index (χ1n) is 8.13.